The number of carbonyl (C=O) groups excluding carboxylic acids is 1. The number of rotatable bonds is 3. The molecule has 1 saturated heterocycles. The lowest BCUT2D eigenvalue weighted by Crippen LogP contribution is -2.49. The first-order valence-corrected chi connectivity index (χ1v) is 7.42. The van der Waals surface area contributed by atoms with Gasteiger partial charge in [0.25, 0.3) is 0 Å². The maximum atomic E-state index is 12.3. The van der Waals surface area contributed by atoms with E-state index in [9.17, 15) is 4.79 Å². The van der Waals surface area contributed by atoms with Crippen molar-refractivity contribution in [2.75, 3.05) is 13.1 Å². The van der Waals surface area contributed by atoms with Crippen LogP contribution in [0.15, 0.2) is 47.2 Å². The molecule has 0 spiro atoms. The van der Waals surface area contributed by atoms with Crippen molar-refractivity contribution >= 4 is 21.8 Å². The van der Waals surface area contributed by atoms with Gasteiger partial charge in [0.2, 0.25) is 5.91 Å². The fourth-order valence-electron chi connectivity index (χ4n) is 2.61. The van der Waals surface area contributed by atoms with E-state index in [2.05, 4.69) is 31.1 Å². The third-order valence-electron chi connectivity index (χ3n) is 3.52. The Hall–Kier alpha value is -1.59. The largest absolute Gasteiger partial charge is 0.367 e. The number of hydrogen-bond acceptors (Lipinski definition) is 2. The SMILES string of the molecule is O=C1NCCN(Cc2cc[nH]c2)C1c1cccc(Br)c1. The molecule has 1 atom stereocenters. The van der Waals surface area contributed by atoms with Crippen molar-refractivity contribution in [2.45, 2.75) is 12.6 Å². The Morgan fingerprint density at radius 3 is 3.00 bits per heavy atom. The summed E-state index contributed by atoms with van der Waals surface area (Å²) in [5.41, 5.74) is 2.21. The van der Waals surface area contributed by atoms with E-state index in [0.717, 1.165) is 23.1 Å². The first-order chi connectivity index (χ1) is 9.74. The molecule has 2 N–H and O–H groups in total. The Morgan fingerprint density at radius 1 is 1.35 bits per heavy atom. The zero-order chi connectivity index (χ0) is 13.9. The minimum Gasteiger partial charge on any atom is -0.367 e. The molecule has 1 unspecified atom stereocenters. The van der Waals surface area contributed by atoms with E-state index in [4.69, 9.17) is 0 Å². The minimum absolute atomic E-state index is 0.0740. The summed E-state index contributed by atoms with van der Waals surface area (Å²) in [6.45, 7) is 2.33. The van der Waals surface area contributed by atoms with Crippen LogP contribution in [0.4, 0.5) is 0 Å². The second kappa shape index (κ2) is 5.81. The van der Waals surface area contributed by atoms with E-state index < -0.39 is 0 Å². The zero-order valence-electron chi connectivity index (χ0n) is 11.0. The lowest BCUT2D eigenvalue weighted by atomic mass is 10.0. The first-order valence-electron chi connectivity index (χ1n) is 6.63. The van der Waals surface area contributed by atoms with Crippen molar-refractivity contribution in [3.63, 3.8) is 0 Å². The highest BCUT2D eigenvalue weighted by molar-refractivity contribution is 9.10. The molecular formula is C15H16BrN3O. The number of piperazine rings is 1. The maximum absolute atomic E-state index is 12.3. The van der Waals surface area contributed by atoms with Gasteiger partial charge in [-0.1, -0.05) is 28.1 Å². The monoisotopic (exact) mass is 333 g/mol. The Morgan fingerprint density at radius 2 is 2.25 bits per heavy atom. The summed E-state index contributed by atoms with van der Waals surface area (Å²) >= 11 is 3.47. The molecule has 5 heteroatoms. The molecule has 104 valence electrons. The summed E-state index contributed by atoms with van der Waals surface area (Å²) in [6.07, 6.45) is 3.89. The number of amides is 1. The molecule has 4 nitrogen and oxygen atoms in total. The normalized spacial score (nSPS) is 19.9. The average Bonchev–Trinajstić information content (AvgIpc) is 2.92. The van der Waals surface area contributed by atoms with Gasteiger partial charge in [-0.2, -0.15) is 0 Å². The smallest absolute Gasteiger partial charge is 0.242 e. The van der Waals surface area contributed by atoms with Crippen LogP contribution in [0, 0.1) is 0 Å². The van der Waals surface area contributed by atoms with Gasteiger partial charge in [0.05, 0.1) is 0 Å². The number of carbonyl (C=O) groups is 1. The second-order valence-electron chi connectivity index (χ2n) is 4.94. The quantitative estimate of drug-likeness (QED) is 0.906. The molecular weight excluding hydrogens is 318 g/mol. The van der Waals surface area contributed by atoms with Gasteiger partial charge in [0.15, 0.2) is 0 Å². The molecule has 2 heterocycles. The molecule has 1 aliphatic heterocycles. The number of aromatic nitrogens is 1. The topological polar surface area (TPSA) is 48.1 Å². The van der Waals surface area contributed by atoms with Gasteiger partial charge in [0, 0.05) is 36.5 Å². The number of hydrogen-bond donors (Lipinski definition) is 2. The second-order valence-corrected chi connectivity index (χ2v) is 5.85. The summed E-state index contributed by atoms with van der Waals surface area (Å²) in [4.78, 5) is 17.5. The molecule has 0 radical (unpaired) electrons. The van der Waals surface area contributed by atoms with E-state index in [-0.39, 0.29) is 11.9 Å². The molecule has 0 saturated carbocycles. The minimum atomic E-state index is -0.226. The Labute approximate surface area is 126 Å². The van der Waals surface area contributed by atoms with E-state index in [1.165, 1.54) is 5.56 Å². The zero-order valence-corrected chi connectivity index (χ0v) is 12.6. The summed E-state index contributed by atoms with van der Waals surface area (Å²) in [7, 11) is 0. The number of halogens is 1. The predicted octanol–water partition coefficient (Wildman–Crippen LogP) is 2.45. The van der Waals surface area contributed by atoms with Crippen molar-refractivity contribution in [3.05, 3.63) is 58.3 Å². The van der Waals surface area contributed by atoms with Crippen molar-refractivity contribution in [3.8, 4) is 0 Å². The highest BCUT2D eigenvalue weighted by atomic mass is 79.9. The number of benzene rings is 1. The Kier molecular flexibility index (Phi) is 3.89. The third-order valence-corrected chi connectivity index (χ3v) is 4.02. The van der Waals surface area contributed by atoms with Gasteiger partial charge in [-0.25, -0.2) is 0 Å². The van der Waals surface area contributed by atoms with Gasteiger partial charge < -0.3 is 10.3 Å². The van der Waals surface area contributed by atoms with E-state index in [0.29, 0.717) is 6.54 Å². The average molecular weight is 334 g/mol. The summed E-state index contributed by atoms with van der Waals surface area (Å²) in [5.74, 6) is 0.0740. The van der Waals surface area contributed by atoms with E-state index in [1.807, 2.05) is 42.7 Å². The molecule has 1 aromatic heterocycles. The van der Waals surface area contributed by atoms with Crippen LogP contribution in [0.25, 0.3) is 0 Å². The molecule has 20 heavy (non-hydrogen) atoms. The molecule has 1 amide bonds. The highest BCUT2D eigenvalue weighted by Crippen LogP contribution is 2.27. The van der Waals surface area contributed by atoms with Gasteiger partial charge >= 0.3 is 0 Å². The fourth-order valence-corrected chi connectivity index (χ4v) is 3.03. The highest BCUT2D eigenvalue weighted by Gasteiger charge is 2.31. The van der Waals surface area contributed by atoms with Gasteiger partial charge in [-0.05, 0) is 29.3 Å². The molecule has 0 bridgehead atoms. The van der Waals surface area contributed by atoms with E-state index >= 15 is 0 Å². The predicted molar refractivity (Wildman–Crippen MR) is 81.1 cm³/mol. The molecule has 2 aromatic rings. The summed E-state index contributed by atoms with van der Waals surface area (Å²) in [6, 6.07) is 9.78. The number of nitrogens with one attached hydrogen (secondary N) is 2. The van der Waals surface area contributed by atoms with Gasteiger partial charge in [0.1, 0.15) is 6.04 Å². The third kappa shape index (κ3) is 2.78. The Balaban J connectivity index is 1.88. The van der Waals surface area contributed by atoms with Gasteiger partial charge in [-0.3, -0.25) is 9.69 Å². The fraction of sp³-hybridized carbons (Fsp3) is 0.267. The van der Waals surface area contributed by atoms with Crippen molar-refractivity contribution < 1.29 is 4.79 Å². The van der Waals surface area contributed by atoms with E-state index in [1.54, 1.807) is 0 Å². The molecule has 1 fully saturated rings. The number of H-pyrrole nitrogens is 1. The van der Waals surface area contributed by atoms with Crippen molar-refractivity contribution in [2.24, 2.45) is 0 Å². The maximum Gasteiger partial charge on any atom is 0.242 e. The van der Waals surface area contributed by atoms with Crippen LogP contribution >= 0.6 is 15.9 Å². The van der Waals surface area contributed by atoms with Crippen LogP contribution in [0.3, 0.4) is 0 Å². The van der Waals surface area contributed by atoms with Crippen LogP contribution in [-0.4, -0.2) is 28.9 Å². The number of nitrogens with zero attached hydrogens (tertiary/aromatic N) is 1. The Bertz CT molecular complexity index is 597. The molecule has 0 aliphatic carbocycles. The molecule has 3 rings (SSSR count). The first kappa shape index (κ1) is 13.4. The number of aromatic amines is 1. The van der Waals surface area contributed by atoms with Crippen molar-refractivity contribution in [1.82, 2.24) is 15.2 Å². The van der Waals surface area contributed by atoms with Crippen LogP contribution in [-0.2, 0) is 11.3 Å². The van der Waals surface area contributed by atoms with Gasteiger partial charge in [-0.15, -0.1) is 0 Å². The molecule has 1 aliphatic rings. The molecule has 1 aromatic carbocycles. The van der Waals surface area contributed by atoms with Crippen LogP contribution in [0.5, 0.6) is 0 Å². The summed E-state index contributed by atoms with van der Waals surface area (Å²) < 4.78 is 0.995. The van der Waals surface area contributed by atoms with Crippen LogP contribution in [0.1, 0.15) is 17.2 Å². The van der Waals surface area contributed by atoms with Crippen LogP contribution < -0.4 is 5.32 Å². The summed E-state index contributed by atoms with van der Waals surface area (Å²) in [5, 5.41) is 2.96. The lowest BCUT2D eigenvalue weighted by Gasteiger charge is -2.35. The van der Waals surface area contributed by atoms with Crippen LogP contribution in [0.2, 0.25) is 0 Å². The standard InChI is InChI=1S/C15H16BrN3O/c16-13-3-1-2-12(8-13)14-15(20)18-6-7-19(14)10-11-4-5-17-9-11/h1-5,8-9,14,17H,6-7,10H2,(H,18,20). The lowest BCUT2D eigenvalue weighted by molar-refractivity contribution is -0.129. The van der Waals surface area contributed by atoms with Crippen molar-refractivity contribution in [1.29, 1.82) is 0 Å².